The van der Waals surface area contributed by atoms with Gasteiger partial charge in [0.25, 0.3) is 0 Å². The molecule has 1 aliphatic heterocycles. The van der Waals surface area contributed by atoms with Crippen LogP contribution in [0.25, 0.3) is 0 Å². The quantitative estimate of drug-likeness (QED) is 0.376. The zero-order chi connectivity index (χ0) is 18.3. The number of esters is 2. The third kappa shape index (κ3) is 5.99. The van der Waals surface area contributed by atoms with E-state index in [1.165, 1.54) is 6.92 Å². The number of hydrogen-bond donors (Lipinski definition) is 3. The number of carbonyl (C=O) groups excluding carboxylic acids is 2. The van der Waals surface area contributed by atoms with E-state index in [1.807, 2.05) is 6.92 Å². The summed E-state index contributed by atoms with van der Waals surface area (Å²) >= 11 is 0. The van der Waals surface area contributed by atoms with E-state index < -0.39 is 55.4 Å². The summed E-state index contributed by atoms with van der Waals surface area (Å²) in [6.07, 6.45) is -6.40. The third-order valence-corrected chi connectivity index (χ3v) is 3.52. The number of ether oxygens (including phenoxy) is 4. The van der Waals surface area contributed by atoms with Crippen molar-refractivity contribution >= 4 is 11.9 Å². The third-order valence-electron chi connectivity index (χ3n) is 3.52. The Kier molecular flexibility index (Phi) is 8.57. The van der Waals surface area contributed by atoms with E-state index in [0.29, 0.717) is 6.42 Å². The van der Waals surface area contributed by atoms with Crippen molar-refractivity contribution in [3.05, 3.63) is 0 Å². The summed E-state index contributed by atoms with van der Waals surface area (Å²) in [4.78, 5) is 22.0. The average molecular weight is 350 g/mol. The molecule has 0 aromatic rings. The van der Waals surface area contributed by atoms with Gasteiger partial charge >= 0.3 is 11.9 Å². The molecule has 3 unspecified atom stereocenters. The van der Waals surface area contributed by atoms with Gasteiger partial charge in [-0.1, -0.05) is 13.3 Å². The van der Waals surface area contributed by atoms with E-state index >= 15 is 0 Å². The molecule has 0 aromatic carbocycles. The second-order valence-corrected chi connectivity index (χ2v) is 5.61. The minimum atomic E-state index is -1.60. The van der Waals surface area contributed by atoms with Crippen molar-refractivity contribution in [2.75, 3.05) is 13.2 Å². The molecule has 6 atom stereocenters. The van der Waals surface area contributed by atoms with Gasteiger partial charge in [-0.2, -0.15) is 0 Å². The Balaban J connectivity index is 2.83. The summed E-state index contributed by atoms with van der Waals surface area (Å²) in [5.74, 6) is -1.27. The summed E-state index contributed by atoms with van der Waals surface area (Å²) in [6, 6.07) is 0. The Bertz CT molecular complexity index is 414. The molecule has 1 heterocycles. The number of aliphatic hydroxyl groups is 3. The number of rotatable bonds is 8. The first kappa shape index (κ1) is 20.8. The normalized spacial score (nSPS) is 31.3. The molecule has 9 heteroatoms. The van der Waals surface area contributed by atoms with Crippen LogP contribution in [0.2, 0.25) is 0 Å². The van der Waals surface area contributed by atoms with Crippen LogP contribution in [0.5, 0.6) is 0 Å². The smallest absolute Gasteiger partial charge is 0.303 e. The molecule has 0 radical (unpaired) electrons. The zero-order valence-corrected chi connectivity index (χ0v) is 14.1. The maximum atomic E-state index is 11.2. The van der Waals surface area contributed by atoms with E-state index in [2.05, 4.69) is 4.74 Å². The first-order valence-corrected chi connectivity index (χ1v) is 7.89. The van der Waals surface area contributed by atoms with E-state index in [1.54, 1.807) is 0 Å². The molecular formula is C15H26O9. The maximum Gasteiger partial charge on any atom is 0.303 e. The number of carbonyl (C=O) groups is 2. The molecule has 24 heavy (non-hydrogen) atoms. The lowest BCUT2D eigenvalue weighted by Crippen LogP contribution is -2.63. The van der Waals surface area contributed by atoms with Crippen LogP contribution in [0.1, 0.15) is 33.6 Å². The molecular weight excluding hydrogens is 324 g/mol. The van der Waals surface area contributed by atoms with Crippen molar-refractivity contribution in [1.29, 1.82) is 0 Å². The summed E-state index contributed by atoms with van der Waals surface area (Å²) in [6.45, 7) is 4.14. The van der Waals surface area contributed by atoms with Gasteiger partial charge in [-0.25, -0.2) is 0 Å². The Labute approximate surface area is 140 Å². The molecule has 140 valence electrons. The van der Waals surface area contributed by atoms with Gasteiger partial charge in [0.15, 0.2) is 12.4 Å². The monoisotopic (exact) mass is 350 g/mol. The molecule has 9 nitrogen and oxygen atoms in total. The molecule has 3 N–H and O–H groups in total. The maximum absolute atomic E-state index is 11.2. The number of aliphatic hydroxyl groups excluding tert-OH is 3. The SMILES string of the molecule is CCCCOC1[C@H](O)C([C@H](O)COC(C)=O)OC(O)[C@H]1OC(C)=O. The van der Waals surface area contributed by atoms with Crippen molar-refractivity contribution < 1.29 is 43.9 Å². The highest BCUT2D eigenvalue weighted by molar-refractivity contribution is 5.66. The van der Waals surface area contributed by atoms with Crippen LogP contribution in [0.15, 0.2) is 0 Å². The summed E-state index contributed by atoms with van der Waals surface area (Å²) in [5, 5.41) is 30.5. The molecule has 1 saturated heterocycles. The first-order chi connectivity index (χ1) is 11.3. The fourth-order valence-electron chi connectivity index (χ4n) is 2.35. The fraction of sp³-hybridized carbons (Fsp3) is 0.867. The Morgan fingerprint density at radius 1 is 1.17 bits per heavy atom. The molecule has 1 rings (SSSR count). The summed E-state index contributed by atoms with van der Waals surface area (Å²) in [5.41, 5.74) is 0. The molecule has 1 fully saturated rings. The van der Waals surface area contributed by atoms with Crippen molar-refractivity contribution in [3.8, 4) is 0 Å². The van der Waals surface area contributed by atoms with Gasteiger partial charge < -0.3 is 34.3 Å². The van der Waals surface area contributed by atoms with Crippen molar-refractivity contribution in [2.24, 2.45) is 0 Å². The van der Waals surface area contributed by atoms with Gasteiger partial charge in [-0.3, -0.25) is 9.59 Å². The molecule has 0 amide bonds. The second-order valence-electron chi connectivity index (χ2n) is 5.61. The first-order valence-electron chi connectivity index (χ1n) is 7.89. The molecule has 0 spiro atoms. The van der Waals surface area contributed by atoms with Gasteiger partial charge in [0.2, 0.25) is 0 Å². The van der Waals surface area contributed by atoms with Crippen molar-refractivity contribution in [1.82, 2.24) is 0 Å². The number of unbranched alkanes of at least 4 members (excludes halogenated alkanes) is 1. The standard InChI is InChI=1S/C15H26O9/c1-4-5-6-21-13-11(19)12(10(18)7-22-8(2)16)24-15(20)14(13)23-9(3)17/h10-15,18-20H,4-7H2,1-3H3/t10-,11-,12?,13?,14+,15?/m1/s1. The van der Waals surface area contributed by atoms with E-state index in [9.17, 15) is 24.9 Å². The highest BCUT2D eigenvalue weighted by atomic mass is 16.7. The highest BCUT2D eigenvalue weighted by Gasteiger charge is 2.49. The Morgan fingerprint density at radius 2 is 1.83 bits per heavy atom. The zero-order valence-electron chi connectivity index (χ0n) is 14.1. The summed E-state index contributed by atoms with van der Waals surface area (Å²) < 4.78 is 20.3. The lowest BCUT2D eigenvalue weighted by atomic mass is 9.95. The van der Waals surface area contributed by atoms with Crippen LogP contribution in [-0.2, 0) is 28.5 Å². The van der Waals surface area contributed by atoms with Crippen LogP contribution in [-0.4, -0.2) is 77.3 Å². The van der Waals surface area contributed by atoms with E-state index in [0.717, 1.165) is 13.3 Å². The second kappa shape index (κ2) is 9.90. The van der Waals surface area contributed by atoms with Gasteiger partial charge in [-0.05, 0) is 6.42 Å². The lowest BCUT2D eigenvalue weighted by Gasteiger charge is -2.43. The molecule has 1 aliphatic rings. The van der Waals surface area contributed by atoms with E-state index in [4.69, 9.17) is 14.2 Å². The van der Waals surface area contributed by atoms with Gasteiger partial charge in [0.05, 0.1) is 0 Å². The summed E-state index contributed by atoms with van der Waals surface area (Å²) in [7, 11) is 0. The minimum absolute atomic E-state index is 0.273. The van der Waals surface area contributed by atoms with Crippen molar-refractivity contribution in [2.45, 2.75) is 70.4 Å². The van der Waals surface area contributed by atoms with Crippen LogP contribution in [0.3, 0.4) is 0 Å². The fourth-order valence-corrected chi connectivity index (χ4v) is 2.35. The van der Waals surface area contributed by atoms with Crippen LogP contribution < -0.4 is 0 Å². The number of hydrogen-bond acceptors (Lipinski definition) is 9. The van der Waals surface area contributed by atoms with Crippen LogP contribution in [0, 0.1) is 0 Å². The van der Waals surface area contributed by atoms with Gasteiger partial charge in [-0.15, -0.1) is 0 Å². The topological polar surface area (TPSA) is 132 Å². The van der Waals surface area contributed by atoms with Crippen molar-refractivity contribution in [3.63, 3.8) is 0 Å². The molecule has 0 aromatic heterocycles. The van der Waals surface area contributed by atoms with E-state index in [-0.39, 0.29) is 6.61 Å². The largest absolute Gasteiger partial charge is 0.463 e. The predicted molar refractivity (Wildman–Crippen MR) is 79.7 cm³/mol. The highest BCUT2D eigenvalue weighted by Crippen LogP contribution is 2.27. The van der Waals surface area contributed by atoms with Crippen LogP contribution in [0.4, 0.5) is 0 Å². The Morgan fingerprint density at radius 3 is 2.38 bits per heavy atom. The average Bonchev–Trinajstić information content (AvgIpc) is 2.50. The minimum Gasteiger partial charge on any atom is -0.463 e. The molecule has 0 saturated carbocycles. The van der Waals surface area contributed by atoms with Gasteiger partial charge in [0.1, 0.15) is 31.0 Å². The lowest BCUT2D eigenvalue weighted by molar-refractivity contribution is -0.308. The molecule has 0 aliphatic carbocycles. The Hall–Kier alpha value is -1.26. The van der Waals surface area contributed by atoms with Crippen LogP contribution >= 0.6 is 0 Å². The molecule has 0 bridgehead atoms. The predicted octanol–water partition coefficient (Wildman–Crippen LogP) is -0.894. The van der Waals surface area contributed by atoms with Gasteiger partial charge in [0, 0.05) is 20.5 Å².